The third-order valence-corrected chi connectivity index (χ3v) is 4.18. The molecule has 0 aliphatic carbocycles. The standard InChI is InChI=1S/C13H23BrN2O2/c1-5-10-12(14)11(16(7-3)15-10)8-13(17,6-2)9-18-4/h17H,5-9H2,1-4H3. The van der Waals surface area contributed by atoms with E-state index in [-0.39, 0.29) is 0 Å². The SMILES string of the molecule is CCc1nn(CC)c(CC(O)(CC)COC)c1Br. The van der Waals surface area contributed by atoms with Gasteiger partial charge in [-0.3, -0.25) is 4.68 Å². The molecule has 0 amide bonds. The van der Waals surface area contributed by atoms with Crippen molar-refractivity contribution in [3.63, 3.8) is 0 Å². The molecule has 0 saturated carbocycles. The van der Waals surface area contributed by atoms with Gasteiger partial charge in [0.25, 0.3) is 0 Å². The van der Waals surface area contributed by atoms with Gasteiger partial charge in [-0.05, 0) is 35.7 Å². The van der Waals surface area contributed by atoms with Crippen LogP contribution in [-0.4, -0.2) is 34.2 Å². The summed E-state index contributed by atoms with van der Waals surface area (Å²) in [6.07, 6.45) is 2.10. The minimum absolute atomic E-state index is 0.340. The predicted octanol–water partition coefficient (Wildman–Crippen LogP) is 2.56. The summed E-state index contributed by atoms with van der Waals surface area (Å²) in [5.41, 5.74) is 1.27. The number of methoxy groups -OCH3 is 1. The molecular weight excluding hydrogens is 296 g/mol. The zero-order valence-corrected chi connectivity index (χ0v) is 13.2. The number of hydrogen-bond acceptors (Lipinski definition) is 3. The Morgan fingerprint density at radius 3 is 2.50 bits per heavy atom. The molecule has 1 atom stereocenters. The topological polar surface area (TPSA) is 47.3 Å². The number of aryl methyl sites for hydroxylation is 2. The van der Waals surface area contributed by atoms with E-state index in [1.807, 2.05) is 11.6 Å². The maximum absolute atomic E-state index is 10.5. The maximum atomic E-state index is 10.5. The third kappa shape index (κ3) is 3.33. The highest BCUT2D eigenvalue weighted by molar-refractivity contribution is 9.10. The monoisotopic (exact) mass is 318 g/mol. The van der Waals surface area contributed by atoms with Crippen molar-refractivity contribution in [1.29, 1.82) is 0 Å². The Morgan fingerprint density at radius 1 is 1.39 bits per heavy atom. The van der Waals surface area contributed by atoms with E-state index in [1.54, 1.807) is 7.11 Å². The van der Waals surface area contributed by atoms with Gasteiger partial charge in [-0.15, -0.1) is 0 Å². The largest absolute Gasteiger partial charge is 0.387 e. The average molecular weight is 319 g/mol. The fourth-order valence-electron chi connectivity index (χ4n) is 2.04. The third-order valence-electron chi connectivity index (χ3n) is 3.26. The minimum atomic E-state index is -0.824. The number of rotatable bonds is 7. The lowest BCUT2D eigenvalue weighted by Gasteiger charge is -2.26. The van der Waals surface area contributed by atoms with Gasteiger partial charge in [-0.2, -0.15) is 5.10 Å². The van der Waals surface area contributed by atoms with Gasteiger partial charge in [0.05, 0.1) is 28.1 Å². The second-order valence-electron chi connectivity index (χ2n) is 4.56. The van der Waals surface area contributed by atoms with Gasteiger partial charge in [-0.25, -0.2) is 0 Å². The van der Waals surface area contributed by atoms with Crippen LogP contribution in [-0.2, 0) is 24.1 Å². The highest BCUT2D eigenvalue weighted by Crippen LogP contribution is 2.27. The first kappa shape index (κ1) is 15.7. The van der Waals surface area contributed by atoms with Gasteiger partial charge < -0.3 is 9.84 Å². The van der Waals surface area contributed by atoms with Crippen molar-refractivity contribution in [1.82, 2.24) is 9.78 Å². The van der Waals surface area contributed by atoms with E-state index < -0.39 is 5.60 Å². The Balaban J connectivity index is 3.05. The quantitative estimate of drug-likeness (QED) is 0.840. The summed E-state index contributed by atoms with van der Waals surface area (Å²) in [6, 6.07) is 0. The Hall–Kier alpha value is -0.390. The van der Waals surface area contributed by atoms with Crippen molar-refractivity contribution in [2.45, 2.75) is 52.2 Å². The molecule has 1 aromatic rings. The smallest absolute Gasteiger partial charge is 0.0932 e. The first-order valence-electron chi connectivity index (χ1n) is 6.46. The van der Waals surface area contributed by atoms with E-state index in [0.717, 1.165) is 28.8 Å². The van der Waals surface area contributed by atoms with Crippen molar-refractivity contribution in [3.05, 3.63) is 15.9 Å². The van der Waals surface area contributed by atoms with Crippen LogP contribution in [0.25, 0.3) is 0 Å². The molecule has 4 nitrogen and oxygen atoms in total. The number of aliphatic hydroxyl groups is 1. The van der Waals surface area contributed by atoms with Crippen LogP contribution < -0.4 is 0 Å². The molecule has 0 aromatic carbocycles. The highest BCUT2D eigenvalue weighted by Gasteiger charge is 2.29. The van der Waals surface area contributed by atoms with Crippen LogP contribution in [0.3, 0.4) is 0 Å². The van der Waals surface area contributed by atoms with E-state index in [2.05, 4.69) is 34.9 Å². The summed E-state index contributed by atoms with van der Waals surface area (Å²) < 4.78 is 8.10. The van der Waals surface area contributed by atoms with Crippen LogP contribution in [0.15, 0.2) is 4.47 Å². The normalized spacial score (nSPS) is 14.8. The van der Waals surface area contributed by atoms with Crippen molar-refractivity contribution >= 4 is 15.9 Å². The molecule has 1 heterocycles. The van der Waals surface area contributed by atoms with Crippen LogP contribution in [0, 0.1) is 0 Å². The predicted molar refractivity (Wildman–Crippen MR) is 75.8 cm³/mol. The molecule has 0 radical (unpaired) electrons. The van der Waals surface area contributed by atoms with E-state index in [1.165, 1.54) is 0 Å². The molecular formula is C13H23BrN2O2. The van der Waals surface area contributed by atoms with Crippen LogP contribution in [0.5, 0.6) is 0 Å². The summed E-state index contributed by atoms with van der Waals surface area (Å²) in [5.74, 6) is 0. The van der Waals surface area contributed by atoms with Gasteiger partial charge in [0.1, 0.15) is 0 Å². The van der Waals surface area contributed by atoms with Crippen molar-refractivity contribution < 1.29 is 9.84 Å². The number of halogens is 1. The Morgan fingerprint density at radius 2 is 2.06 bits per heavy atom. The van der Waals surface area contributed by atoms with Crippen LogP contribution in [0.1, 0.15) is 38.6 Å². The molecule has 1 aromatic heterocycles. The Labute approximate surface area is 117 Å². The van der Waals surface area contributed by atoms with Crippen molar-refractivity contribution in [2.75, 3.05) is 13.7 Å². The lowest BCUT2D eigenvalue weighted by atomic mass is 9.95. The average Bonchev–Trinajstić information content (AvgIpc) is 2.66. The maximum Gasteiger partial charge on any atom is 0.0932 e. The van der Waals surface area contributed by atoms with Gasteiger partial charge in [0, 0.05) is 20.1 Å². The molecule has 0 aliphatic rings. The summed E-state index contributed by atoms with van der Waals surface area (Å²) in [5, 5.41) is 15.1. The van der Waals surface area contributed by atoms with Gasteiger partial charge in [0.15, 0.2) is 0 Å². The van der Waals surface area contributed by atoms with Crippen LogP contribution in [0.4, 0.5) is 0 Å². The molecule has 0 fully saturated rings. The van der Waals surface area contributed by atoms with Crippen LogP contribution >= 0.6 is 15.9 Å². The molecule has 1 rings (SSSR count). The molecule has 18 heavy (non-hydrogen) atoms. The number of nitrogens with zero attached hydrogens (tertiary/aromatic N) is 2. The fourth-order valence-corrected chi connectivity index (χ4v) is 2.75. The van der Waals surface area contributed by atoms with Crippen LogP contribution in [0.2, 0.25) is 0 Å². The minimum Gasteiger partial charge on any atom is -0.387 e. The molecule has 0 bridgehead atoms. The number of ether oxygens (including phenoxy) is 1. The second-order valence-corrected chi connectivity index (χ2v) is 5.36. The first-order chi connectivity index (χ1) is 8.51. The zero-order chi connectivity index (χ0) is 13.8. The molecule has 0 aliphatic heterocycles. The fraction of sp³-hybridized carbons (Fsp3) is 0.769. The summed E-state index contributed by atoms with van der Waals surface area (Å²) in [6.45, 7) is 7.26. The molecule has 1 unspecified atom stereocenters. The number of hydrogen-bond donors (Lipinski definition) is 1. The van der Waals surface area contributed by atoms with E-state index in [0.29, 0.717) is 19.4 Å². The molecule has 104 valence electrons. The van der Waals surface area contributed by atoms with Gasteiger partial charge in [0.2, 0.25) is 0 Å². The Bertz CT molecular complexity index is 393. The summed E-state index contributed by atoms with van der Waals surface area (Å²) in [7, 11) is 1.62. The van der Waals surface area contributed by atoms with Crippen molar-refractivity contribution in [3.8, 4) is 0 Å². The van der Waals surface area contributed by atoms with Crippen molar-refractivity contribution in [2.24, 2.45) is 0 Å². The molecule has 0 saturated heterocycles. The zero-order valence-electron chi connectivity index (χ0n) is 11.7. The molecule has 0 spiro atoms. The lowest BCUT2D eigenvalue weighted by Crippen LogP contribution is -2.36. The second kappa shape index (κ2) is 6.68. The van der Waals surface area contributed by atoms with Gasteiger partial charge >= 0.3 is 0 Å². The lowest BCUT2D eigenvalue weighted by molar-refractivity contribution is -0.0346. The summed E-state index contributed by atoms with van der Waals surface area (Å²) in [4.78, 5) is 0. The summed E-state index contributed by atoms with van der Waals surface area (Å²) >= 11 is 3.60. The molecule has 5 heteroatoms. The van der Waals surface area contributed by atoms with E-state index >= 15 is 0 Å². The highest BCUT2D eigenvalue weighted by atomic mass is 79.9. The number of aromatic nitrogens is 2. The molecule has 1 N–H and O–H groups in total. The Kier molecular flexibility index (Phi) is 5.82. The van der Waals surface area contributed by atoms with E-state index in [9.17, 15) is 5.11 Å². The van der Waals surface area contributed by atoms with Gasteiger partial charge in [-0.1, -0.05) is 13.8 Å². The first-order valence-corrected chi connectivity index (χ1v) is 7.26. The van der Waals surface area contributed by atoms with E-state index in [4.69, 9.17) is 4.74 Å².